The molecule has 1 aromatic heterocycles. The fourth-order valence-electron chi connectivity index (χ4n) is 2.73. The second kappa shape index (κ2) is 7.63. The van der Waals surface area contributed by atoms with Crippen LogP contribution in [0.1, 0.15) is 5.76 Å². The summed E-state index contributed by atoms with van der Waals surface area (Å²) in [6.45, 7) is -0.413. The molecule has 0 saturated carbocycles. The minimum atomic E-state index is -3.59. The van der Waals surface area contributed by atoms with Crippen molar-refractivity contribution < 1.29 is 22.9 Å². The Morgan fingerprint density at radius 1 is 1.21 bits per heavy atom. The summed E-state index contributed by atoms with van der Waals surface area (Å²) in [5.41, 5.74) is 6.66. The Balaban J connectivity index is 2.27. The highest BCUT2D eigenvalue weighted by Crippen LogP contribution is 2.38. The molecule has 0 radical (unpaired) electrons. The molecule has 2 aromatic carbocycles. The van der Waals surface area contributed by atoms with Crippen molar-refractivity contribution in [1.82, 2.24) is 10.2 Å². The van der Waals surface area contributed by atoms with Crippen LogP contribution in [0.15, 0.2) is 57.9 Å². The number of nitrogens with zero attached hydrogens (tertiary/aromatic N) is 2. The number of amides is 2. The smallest absolute Gasteiger partial charge is 0.338 e. The molecule has 0 fully saturated rings. The van der Waals surface area contributed by atoms with Gasteiger partial charge in [0.25, 0.3) is 0 Å². The van der Waals surface area contributed by atoms with E-state index in [1.54, 1.807) is 42.5 Å². The van der Waals surface area contributed by atoms with Gasteiger partial charge in [0, 0.05) is 22.4 Å². The molecule has 0 aliphatic carbocycles. The van der Waals surface area contributed by atoms with Crippen LogP contribution in [0, 0.1) is 0 Å². The topological polar surface area (TPSA) is 127 Å². The Morgan fingerprint density at radius 2 is 1.86 bits per heavy atom. The van der Waals surface area contributed by atoms with Crippen LogP contribution in [-0.4, -0.2) is 36.1 Å². The Hall–Kier alpha value is -2.88. The lowest BCUT2D eigenvalue weighted by atomic mass is 9.99. The summed E-state index contributed by atoms with van der Waals surface area (Å²) >= 11 is 5.94. The first-order chi connectivity index (χ1) is 13.2. The molecule has 0 saturated heterocycles. The molecule has 10 heteroatoms. The third kappa shape index (κ3) is 4.01. The van der Waals surface area contributed by atoms with Crippen molar-refractivity contribution in [2.24, 2.45) is 5.73 Å². The fourth-order valence-corrected chi connectivity index (χ4v) is 3.75. The number of aromatic nitrogens is 1. The fraction of sp³-hybridized carbons (Fsp3) is 0.111. The van der Waals surface area contributed by atoms with E-state index in [9.17, 15) is 18.4 Å². The summed E-state index contributed by atoms with van der Waals surface area (Å²) in [4.78, 5) is 11.3. The summed E-state index contributed by atoms with van der Waals surface area (Å²) < 4.78 is 29.9. The number of rotatable bonds is 5. The maximum atomic E-state index is 12.3. The average molecular weight is 422 g/mol. The third-order valence-electron chi connectivity index (χ3n) is 3.98. The van der Waals surface area contributed by atoms with E-state index in [0.29, 0.717) is 27.4 Å². The highest BCUT2D eigenvalue weighted by atomic mass is 35.5. The van der Waals surface area contributed by atoms with Crippen LogP contribution in [0.2, 0.25) is 5.02 Å². The van der Waals surface area contributed by atoms with E-state index in [1.807, 2.05) is 0 Å². The van der Waals surface area contributed by atoms with Gasteiger partial charge in [-0.2, -0.15) is 5.06 Å². The van der Waals surface area contributed by atoms with Crippen molar-refractivity contribution in [3.05, 3.63) is 59.3 Å². The van der Waals surface area contributed by atoms with Gasteiger partial charge in [-0.3, -0.25) is 5.21 Å². The van der Waals surface area contributed by atoms with Gasteiger partial charge in [0.15, 0.2) is 15.6 Å². The number of hydrogen-bond acceptors (Lipinski definition) is 6. The molecule has 3 N–H and O–H groups in total. The van der Waals surface area contributed by atoms with E-state index in [4.69, 9.17) is 21.9 Å². The number of halogens is 1. The van der Waals surface area contributed by atoms with Gasteiger partial charge >= 0.3 is 6.03 Å². The zero-order chi connectivity index (χ0) is 20.5. The van der Waals surface area contributed by atoms with Gasteiger partial charge in [-0.15, -0.1) is 0 Å². The summed E-state index contributed by atoms with van der Waals surface area (Å²) in [5, 5.41) is 14.5. The molecule has 1 heterocycles. The number of carbonyl (C=O) groups excluding carboxylic acids is 1. The number of hydroxylamine groups is 2. The number of carbonyl (C=O) groups is 1. The summed E-state index contributed by atoms with van der Waals surface area (Å²) in [7, 11) is -3.59. The number of primary amides is 1. The van der Waals surface area contributed by atoms with Gasteiger partial charge in [0.05, 0.1) is 10.5 Å². The lowest BCUT2D eigenvalue weighted by molar-refractivity contribution is -0.0521. The third-order valence-corrected chi connectivity index (χ3v) is 5.39. The number of sulfone groups is 1. The van der Waals surface area contributed by atoms with E-state index in [1.165, 1.54) is 6.07 Å². The number of nitrogens with two attached hydrogens (primary N) is 1. The first-order valence-corrected chi connectivity index (χ1v) is 10.2. The number of benzene rings is 2. The predicted molar refractivity (Wildman–Crippen MR) is 102 cm³/mol. The molecule has 0 bridgehead atoms. The van der Waals surface area contributed by atoms with Crippen LogP contribution in [0.4, 0.5) is 4.79 Å². The van der Waals surface area contributed by atoms with Gasteiger partial charge < -0.3 is 10.3 Å². The lowest BCUT2D eigenvalue weighted by Crippen LogP contribution is -2.32. The van der Waals surface area contributed by atoms with Crippen LogP contribution >= 0.6 is 11.6 Å². The van der Waals surface area contributed by atoms with E-state index < -0.39 is 22.4 Å². The number of hydrogen-bond donors (Lipinski definition) is 2. The zero-order valence-corrected chi connectivity index (χ0v) is 16.2. The van der Waals surface area contributed by atoms with Crippen LogP contribution in [0.5, 0.6) is 0 Å². The molecular weight excluding hydrogens is 406 g/mol. The molecule has 0 aliphatic heterocycles. The molecule has 0 unspecified atom stereocenters. The minimum absolute atomic E-state index is 0.0539. The molecule has 0 spiro atoms. The Labute approximate surface area is 166 Å². The van der Waals surface area contributed by atoms with Crippen molar-refractivity contribution in [3.63, 3.8) is 0 Å². The van der Waals surface area contributed by atoms with E-state index in [2.05, 4.69) is 5.16 Å². The molecule has 28 heavy (non-hydrogen) atoms. The van der Waals surface area contributed by atoms with Crippen molar-refractivity contribution >= 4 is 27.5 Å². The van der Waals surface area contributed by atoms with Crippen LogP contribution in [0.3, 0.4) is 0 Å². The van der Waals surface area contributed by atoms with E-state index >= 15 is 0 Å². The van der Waals surface area contributed by atoms with Gasteiger partial charge in [0.2, 0.25) is 0 Å². The maximum absolute atomic E-state index is 12.3. The van der Waals surface area contributed by atoms with Crippen molar-refractivity contribution in [1.29, 1.82) is 0 Å². The lowest BCUT2D eigenvalue weighted by Gasteiger charge is -2.13. The maximum Gasteiger partial charge on any atom is 0.338 e. The molecule has 8 nitrogen and oxygen atoms in total. The monoisotopic (exact) mass is 421 g/mol. The molecule has 3 aromatic rings. The standard InChI is InChI=1S/C18H16ClN3O5S/c1-28(25,26)15-5-3-2-4-13(15)16-14(10-22(24)18(20)23)27-21-17(16)11-6-8-12(19)9-7-11/h2-9,24H,10H2,1H3,(H2,20,23). The quantitative estimate of drug-likeness (QED) is 0.480. The molecule has 0 aliphatic rings. The zero-order valence-electron chi connectivity index (χ0n) is 14.7. The Morgan fingerprint density at radius 3 is 2.46 bits per heavy atom. The van der Waals surface area contributed by atoms with Crippen molar-refractivity contribution in [3.8, 4) is 22.4 Å². The van der Waals surface area contributed by atoms with E-state index in [0.717, 1.165) is 6.26 Å². The van der Waals surface area contributed by atoms with E-state index in [-0.39, 0.29) is 15.7 Å². The first kappa shape index (κ1) is 19.9. The van der Waals surface area contributed by atoms with Crippen LogP contribution < -0.4 is 5.73 Å². The first-order valence-electron chi connectivity index (χ1n) is 7.98. The second-order valence-electron chi connectivity index (χ2n) is 6.00. The largest absolute Gasteiger partial charge is 0.358 e. The molecule has 3 rings (SSSR count). The second-order valence-corrected chi connectivity index (χ2v) is 8.42. The Kier molecular flexibility index (Phi) is 5.41. The normalized spacial score (nSPS) is 11.4. The summed E-state index contributed by atoms with van der Waals surface area (Å²) in [6.07, 6.45) is 1.09. The summed E-state index contributed by atoms with van der Waals surface area (Å²) in [5.74, 6) is 0.0716. The SMILES string of the molecule is CS(=O)(=O)c1ccccc1-c1c(-c2ccc(Cl)cc2)noc1CN(O)C(N)=O. The van der Waals surface area contributed by atoms with Crippen molar-refractivity contribution in [2.75, 3.05) is 6.26 Å². The van der Waals surface area contributed by atoms with Gasteiger partial charge in [0.1, 0.15) is 12.2 Å². The molecule has 146 valence electrons. The van der Waals surface area contributed by atoms with Crippen molar-refractivity contribution in [2.45, 2.75) is 11.4 Å². The van der Waals surface area contributed by atoms with Gasteiger partial charge in [-0.05, 0) is 18.2 Å². The average Bonchev–Trinajstić information content (AvgIpc) is 3.05. The van der Waals surface area contributed by atoms with Gasteiger partial charge in [-0.25, -0.2) is 13.2 Å². The highest BCUT2D eigenvalue weighted by molar-refractivity contribution is 7.90. The molecule has 2 amide bonds. The van der Waals surface area contributed by atoms with Crippen LogP contribution in [-0.2, 0) is 16.4 Å². The molecular formula is C18H16ClN3O5S. The predicted octanol–water partition coefficient (Wildman–Crippen LogP) is 3.34. The Bertz CT molecular complexity index is 1130. The number of urea groups is 1. The minimum Gasteiger partial charge on any atom is -0.358 e. The highest BCUT2D eigenvalue weighted by Gasteiger charge is 2.26. The summed E-state index contributed by atoms with van der Waals surface area (Å²) in [6, 6.07) is 11.9. The van der Waals surface area contributed by atoms with Gasteiger partial charge in [-0.1, -0.05) is 47.1 Å². The van der Waals surface area contributed by atoms with Crippen LogP contribution in [0.25, 0.3) is 22.4 Å². The molecule has 0 atom stereocenters.